The zero-order valence-electron chi connectivity index (χ0n) is 10.2. The normalized spacial score (nSPS) is 10.7. The van der Waals surface area contributed by atoms with Crippen LogP contribution in [0, 0.1) is 11.0 Å². The van der Waals surface area contributed by atoms with Gasteiger partial charge in [-0.1, -0.05) is 12.1 Å². The molecule has 0 fully saturated rings. The monoisotopic (exact) mass is 289 g/mol. The first-order valence-electron chi connectivity index (χ1n) is 5.89. The summed E-state index contributed by atoms with van der Waals surface area (Å²) < 4.78 is 19.2. The Morgan fingerprint density at radius 3 is 2.50 bits per heavy atom. The molecule has 0 radical (unpaired) electrons. The van der Waals surface area contributed by atoms with Gasteiger partial charge in [-0.05, 0) is 41.9 Å². The molecule has 0 saturated heterocycles. The summed E-state index contributed by atoms with van der Waals surface area (Å²) in [5, 5.41) is 12.5. The third kappa shape index (κ3) is 2.26. The number of benzene rings is 2. The van der Waals surface area contributed by atoms with Gasteiger partial charge in [-0.25, -0.2) is 4.39 Å². The molecular formula is C15H9ClFNO2. The number of ether oxygens (including phenoxy) is 1. The predicted octanol–water partition coefficient (Wildman–Crippen LogP) is 4.06. The summed E-state index contributed by atoms with van der Waals surface area (Å²) in [5.41, 5.74) is 0.414. The summed E-state index contributed by atoms with van der Waals surface area (Å²) in [5.74, 6) is 0.575. The Balaban J connectivity index is 2.11. The largest absolute Gasteiger partial charge is 0.617 e. The first kappa shape index (κ1) is 12.7. The fourth-order valence-corrected chi connectivity index (χ4v) is 2.12. The quantitative estimate of drug-likeness (QED) is 0.405. The van der Waals surface area contributed by atoms with Gasteiger partial charge in [-0.15, -0.1) is 0 Å². The smallest absolute Gasteiger partial charge is 0.290 e. The van der Waals surface area contributed by atoms with E-state index in [1.54, 1.807) is 24.3 Å². The molecule has 5 heteroatoms. The zero-order valence-corrected chi connectivity index (χ0v) is 11.0. The lowest BCUT2D eigenvalue weighted by Crippen LogP contribution is -2.28. The van der Waals surface area contributed by atoms with Crippen LogP contribution in [0.2, 0.25) is 5.15 Å². The molecule has 2 aromatic carbocycles. The number of hydrogen-bond donors (Lipinski definition) is 0. The van der Waals surface area contributed by atoms with E-state index >= 15 is 0 Å². The van der Waals surface area contributed by atoms with Crippen LogP contribution in [0.5, 0.6) is 11.5 Å². The fourth-order valence-electron chi connectivity index (χ4n) is 1.93. The van der Waals surface area contributed by atoms with E-state index in [2.05, 4.69) is 0 Å². The maximum absolute atomic E-state index is 12.9. The molecule has 0 saturated carbocycles. The number of pyridine rings is 1. The number of hydrogen-bond acceptors (Lipinski definition) is 2. The van der Waals surface area contributed by atoms with Crippen LogP contribution in [0.15, 0.2) is 54.6 Å². The summed E-state index contributed by atoms with van der Waals surface area (Å²) in [4.78, 5) is 0. The average molecular weight is 290 g/mol. The summed E-state index contributed by atoms with van der Waals surface area (Å²) in [6, 6.07) is 14.0. The Morgan fingerprint density at radius 2 is 1.75 bits per heavy atom. The van der Waals surface area contributed by atoms with Crippen molar-refractivity contribution in [3.05, 3.63) is 70.8 Å². The Kier molecular flexibility index (Phi) is 3.16. The molecule has 0 aliphatic rings. The maximum atomic E-state index is 12.9. The molecule has 0 aliphatic heterocycles. The molecule has 0 spiro atoms. The molecule has 0 aliphatic carbocycles. The molecule has 3 nitrogen and oxygen atoms in total. The van der Waals surface area contributed by atoms with Crippen molar-refractivity contribution in [3.63, 3.8) is 0 Å². The second-order valence-corrected chi connectivity index (χ2v) is 4.59. The van der Waals surface area contributed by atoms with Crippen molar-refractivity contribution in [2.45, 2.75) is 0 Å². The number of fused-ring (bicyclic) bond motifs is 1. The van der Waals surface area contributed by atoms with Gasteiger partial charge in [0, 0.05) is 6.07 Å². The minimum Gasteiger partial charge on any atom is -0.617 e. The second kappa shape index (κ2) is 4.98. The summed E-state index contributed by atoms with van der Waals surface area (Å²) >= 11 is 5.89. The number of nitrogens with zero attached hydrogens (tertiary/aromatic N) is 1. The first-order chi connectivity index (χ1) is 9.65. The number of rotatable bonds is 2. The van der Waals surface area contributed by atoms with Crippen LogP contribution in [-0.4, -0.2) is 0 Å². The van der Waals surface area contributed by atoms with E-state index in [0.717, 1.165) is 0 Å². The molecule has 0 unspecified atom stereocenters. The van der Waals surface area contributed by atoms with Crippen molar-refractivity contribution in [3.8, 4) is 11.5 Å². The summed E-state index contributed by atoms with van der Waals surface area (Å²) in [6.07, 6.45) is 0. The Labute approximate surface area is 119 Å². The average Bonchev–Trinajstić information content (AvgIpc) is 2.47. The van der Waals surface area contributed by atoms with Crippen LogP contribution in [-0.2, 0) is 0 Å². The molecule has 20 heavy (non-hydrogen) atoms. The van der Waals surface area contributed by atoms with E-state index in [-0.39, 0.29) is 11.0 Å². The van der Waals surface area contributed by atoms with Gasteiger partial charge in [-0.3, -0.25) is 0 Å². The highest BCUT2D eigenvalue weighted by atomic mass is 35.5. The molecule has 0 bridgehead atoms. The number of para-hydroxylation sites is 1. The minimum absolute atomic E-state index is 0.0146. The first-order valence-corrected chi connectivity index (χ1v) is 6.27. The minimum atomic E-state index is -0.342. The van der Waals surface area contributed by atoms with Gasteiger partial charge in [0.1, 0.15) is 17.3 Å². The van der Waals surface area contributed by atoms with Crippen LogP contribution in [0.25, 0.3) is 10.9 Å². The summed E-state index contributed by atoms with van der Waals surface area (Å²) in [6.45, 7) is 0. The molecule has 0 N–H and O–H groups in total. The Hall–Kier alpha value is -2.33. The van der Waals surface area contributed by atoms with Gasteiger partial charge < -0.3 is 9.94 Å². The van der Waals surface area contributed by atoms with Crippen LogP contribution < -0.4 is 9.47 Å². The van der Waals surface area contributed by atoms with Crippen LogP contribution >= 0.6 is 11.6 Å². The van der Waals surface area contributed by atoms with E-state index < -0.39 is 0 Å². The molecule has 1 aromatic heterocycles. The van der Waals surface area contributed by atoms with E-state index in [0.29, 0.717) is 27.1 Å². The van der Waals surface area contributed by atoms with Crippen molar-refractivity contribution < 1.29 is 13.9 Å². The van der Waals surface area contributed by atoms with Gasteiger partial charge in [0.2, 0.25) is 5.52 Å². The zero-order chi connectivity index (χ0) is 14.1. The molecule has 3 aromatic rings. The van der Waals surface area contributed by atoms with Crippen molar-refractivity contribution in [1.29, 1.82) is 0 Å². The SMILES string of the molecule is [O-][n+]1c(Cl)cc(Oc2ccc(F)cc2)c2ccccc21. The highest BCUT2D eigenvalue weighted by Crippen LogP contribution is 2.30. The molecule has 1 heterocycles. The second-order valence-electron chi connectivity index (χ2n) is 4.20. The Bertz CT molecular complexity index is 775. The lowest BCUT2D eigenvalue weighted by Gasteiger charge is -2.10. The third-order valence-corrected chi connectivity index (χ3v) is 3.14. The van der Waals surface area contributed by atoms with Crippen LogP contribution in [0.4, 0.5) is 4.39 Å². The number of aromatic nitrogens is 1. The number of halogens is 2. The molecule has 3 rings (SSSR count). The van der Waals surface area contributed by atoms with Crippen molar-refractivity contribution >= 4 is 22.5 Å². The van der Waals surface area contributed by atoms with Gasteiger partial charge in [0.05, 0.1) is 11.5 Å². The van der Waals surface area contributed by atoms with Crippen molar-refractivity contribution in [2.24, 2.45) is 0 Å². The molecule has 0 atom stereocenters. The predicted molar refractivity (Wildman–Crippen MR) is 74.4 cm³/mol. The maximum Gasteiger partial charge on any atom is 0.290 e. The van der Waals surface area contributed by atoms with Crippen molar-refractivity contribution in [1.82, 2.24) is 0 Å². The molecule has 0 amide bonds. The fraction of sp³-hybridized carbons (Fsp3) is 0. The van der Waals surface area contributed by atoms with E-state index in [1.807, 2.05) is 0 Å². The van der Waals surface area contributed by atoms with E-state index in [9.17, 15) is 9.60 Å². The molecule has 100 valence electrons. The molecular weight excluding hydrogens is 281 g/mol. The van der Waals surface area contributed by atoms with Gasteiger partial charge in [0.25, 0.3) is 5.15 Å². The highest BCUT2D eigenvalue weighted by molar-refractivity contribution is 6.29. The lowest BCUT2D eigenvalue weighted by atomic mass is 10.2. The topological polar surface area (TPSA) is 36.2 Å². The van der Waals surface area contributed by atoms with Gasteiger partial charge >= 0.3 is 0 Å². The van der Waals surface area contributed by atoms with Crippen LogP contribution in [0.3, 0.4) is 0 Å². The lowest BCUT2D eigenvalue weighted by molar-refractivity contribution is -0.574. The van der Waals surface area contributed by atoms with Gasteiger partial charge in [-0.2, -0.15) is 4.73 Å². The van der Waals surface area contributed by atoms with Crippen LogP contribution in [0.1, 0.15) is 0 Å². The highest BCUT2D eigenvalue weighted by Gasteiger charge is 2.15. The Morgan fingerprint density at radius 1 is 1.05 bits per heavy atom. The van der Waals surface area contributed by atoms with E-state index in [1.165, 1.54) is 30.3 Å². The standard InChI is InChI=1S/C15H9ClFNO2/c16-15-9-14(20-11-7-5-10(17)6-8-11)12-3-1-2-4-13(12)18(15)19/h1-9H. The van der Waals surface area contributed by atoms with E-state index in [4.69, 9.17) is 16.3 Å². The third-order valence-electron chi connectivity index (χ3n) is 2.87. The van der Waals surface area contributed by atoms with Gasteiger partial charge in [0.15, 0.2) is 0 Å². The summed E-state index contributed by atoms with van der Waals surface area (Å²) in [7, 11) is 0. The van der Waals surface area contributed by atoms with Crippen molar-refractivity contribution in [2.75, 3.05) is 0 Å².